The summed E-state index contributed by atoms with van der Waals surface area (Å²) in [7, 11) is 1.40. The minimum absolute atomic E-state index is 0.202. The minimum Gasteiger partial charge on any atom is -0.468 e. The zero-order valence-electron chi connectivity index (χ0n) is 8.02. The molecule has 0 spiro atoms. The number of hydrogen-bond acceptors (Lipinski definition) is 3. The first kappa shape index (κ1) is 11.2. The highest BCUT2D eigenvalue weighted by atomic mass is 16.5. The molecule has 0 amide bonds. The number of nitrogens with one attached hydrogen (secondary N) is 1. The minimum atomic E-state index is -0.209. The molecular weight excluding hydrogens is 154 g/mol. The van der Waals surface area contributed by atoms with Crippen LogP contribution in [0.4, 0.5) is 0 Å². The van der Waals surface area contributed by atoms with E-state index in [4.69, 9.17) is 0 Å². The van der Waals surface area contributed by atoms with E-state index in [2.05, 4.69) is 16.6 Å². The first-order valence-corrected chi connectivity index (χ1v) is 4.07. The molecular formula is C9H17NO2. The zero-order valence-corrected chi connectivity index (χ0v) is 8.02. The monoisotopic (exact) mass is 171 g/mol. The van der Waals surface area contributed by atoms with Crippen LogP contribution in [0, 0.1) is 0 Å². The molecule has 1 unspecified atom stereocenters. The van der Waals surface area contributed by atoms with Gasteiger partial charge in [0.15, 0.2) is 0 Å². The van der Waals surface area contributed by atoms with Gasteiger partial charge in [0.25, 0.3) is 0 Å². The van der Waals surface area contributed by atoms with Gasteiger partial charge in [-0.3, -0.25) is 4.79 Å². The molecule has 0 heterocycles. The lowest BCUT2D eigenvalue weighted by molar-refractivity contribution is -0.143. The molecule has 0 aliphatic heterocycles. The van der Waals surface area contributed by atoms with Crippen LogP contribution in [0.5, 0.6) is 0 Å². The van der Waals surface area contributed by atoms with E-state index in [9.17, 15) is 4.79 Å². The molecule has 0 aromatic rings. The summed E-state index contributed by atoms with van der Waals surface area (Å²) in [5.41, 5.74) is 1.01. The Morgan fingerprint density at radius 3 is 2.58 bits per heavy atom. The maximum atomic E-state index is 11.0. The summed E-state index contributed by atoms with van der Waals surface area (Å²) in [6.07, 6.45) is 0.736. The Kier molecular flexibility index (Phi) is 5.37. The van der Waals surface area contributed by atoms with Crippen LogP contribution in [-0.2, 0) is 9.53 Å². The van der Waals surface area contributed by atoms with E-state index in [0.717, 1.165) is 12.0 Å². The number of rotatable bonds is 5. The van der Waals surface area contributed by atoms with Gasteiger partial charge < -0.3 is 10.1 Å². The van der Waals surface area contributed by atoms with Crippen molar-refractivity contribution in [2.75, 3.05) is 13.7 Å². The van der Waals surface area contributed by atoms with Crippen LogP contribution in [0.2, 0.25) is 0 Å². The van der Waals surface area contributed by atoms with E-state index < -0.39 is 0 Å². The van der Waals surface area contributed by atoms with E-state index >= 15 is 0 Å². The van der Waals surface area contributed by atoms with Gasteiger partial charge >= 0.3 is 5.97 Å². The van der Waals surface area contributed by atoms with Crippen LogP contribution < -0.4 is 5.32 Å². The van der Waals surface area contributed by atoms with Gasteiger partial charge in [0.2, 0.25) is 0 Å². The fourth-order valence-electron chi connectivity index (χ4n) is 0.834. The summed E-state index contributed by atoms with van der Waals surface area (Å²) < 4.78 is 4.60. The maximum absolute atomic E-state index is 11.0. The highest BCUT2D eigenvalue weighted by molar-refractivity contribution is 5.75. The summed E-state index contributed by atoms with van der Waals surface area (Å²) in [6, 6.07) is -0.202. The zero-order chi connectivity index (χ0) is 9.56. The van der Waals surface area contributed by atoms with Gasteiger partial charge in [-0.1, -0.05) is 19.1 Å². The predicted octanol–water partition coefficient (Wildman–Crippen LogP) is 1.10. The Balaban J connectivity index is 3.83. The van der Waals surface area contributed by atoms with E-state index in [1.807, 2.05) is 13.8 Å². The van der Waals surface area contributed by atoms with E-state index in [1.54, 1.807) is 0 Å². The van der Waals surface area contributed by atoms with Gasteiger partial charge in [-0.25, -0.2) is 0 Å². The van der Waals surface area contributed by atoms with Crippen LogP contribution in [0.3, 0.4) is 0 Å². The fraction of sp³-hybridized carbons (Fsp3) is 0.667. The van der Waals surface area contributed by atoms with Gasteiger partial charge in [0.1, 0.15) is 6.04 Å². The van der Waals surface area contributed by atoms with Crippen molar-refractivity contribution in [2.45, 2.75) is 26.3 Å². The molecule has 1 N–H and O–H groups in total. The maximum Gasteiger partial charge on any atom is 0.322 e. The third-order valence-electron chi connectivity index (χ3n) is 1.54. The average Bonchev–Trinajstić information content (AvgIpc) is 2.04. The van der Waals surface area contributed by atoms with Crippen molar-refractivity contribution in [1.29, 1.82) is 0 Å². The van der Waals surface area contributed by atoms with Crippen LogP contribution >= 0.6 is 0 Å². The second kappa shape index (κ2) is 5.77. The predicted molar refractivity (Wildman–Crippen MR) is 48.9 cm³/mol. The van der Waals surface area contributed by atoms with Crippen LogP contribution in [0.15, 0.2) is 12.2 Å². The van der Waals surface area contributed by atoms with Crippen molar-refractivity contribution in [1.82, 2.24) is 5.32 Å². The third-order valence-corrected chi connectivity index (χ3v) is 1.54. The van der Waals surface area contributed by atoms with Gasteiger partial charge in [0, 0.05) is 6.54 Å². The lowest BCUT2D eigenvalue weighted by atomic mass is 10.2. The van der Waals surface area contributed by atoms with E-state index in [-0.39, 0.29) is 12.0 Å². The fourth-order valence-corrected chi connectivity index (χ4v) is 0.834. The van der Waals surface area contributed by atoms with Gasteiger partial charge in [-0.15, -0.1) is 0 Å². The number of esters is 1. The van der Waals surface area contributed by atoms with Crippen molar-refractivity contribution in [3.63, 3.8) is 0 Å². The number of ether oxygens (including phenoxy) is 1. The summed E-state index contributed by atoms with van der Waals surface area (Å²) >= 11 is 0. The van der Waals surface area contributed by atoms with Crippen molar-refractivity contribution in [3.05, 3.63) is 12.2 Å². The van der Waals surface area contributed by atoms with Gasteiger partial charge in [-0.2, -0.15) is 0 Å². The van der Waals surface area contributed by atoms with Gasteiger partial charge in [0.05, 0.1) is 7.11 Å². The topological polar surface area (TPSA) is 38.3 Å². The van der Waals surface area contributed by atoms with Crippen LogP contribution in [0.25, 0.3) is 0 Å². The van der Waals surface area contributed by atoms with Crippen molar-refractivity contribution >= 4 is 5.97 Å². The van der Waals surface area contributed by atoms with E-state index in [1.165, 1.54) is 7.11 Å². The number of carbonyl (C=O) groups is 1. The molecule has 12 heavy (non-hydrogen) atoms. The molecule has 1 atom stereocenters. The molecule has 0 fully saturated rings. The van der Waals surface area contributed by atoms with Gasteiger partial charge in [-0.05, 0) is 13.3 Å². The number of methoxy groups -OCH3 is 1. The number of hydrogen-bond donors (Lipinski definition) is 1. The summed E-state index contributed by atoms with van der Waals surface area (Å²) in [5.74, 6) is -0.209. The lowest BCUT2D eigenvalue weighted by Gasteiger charge is -2.13. The Hall–Kier alpha value is -0.830. The molecule has 0 saturated heterocycles. The molecule has 3 heteroatoms. The number of carbonyl (C=O) groups excluding carboxylic acids is 1. The largest absolute Gasteiger partial charge is 0.468 e. The Morgan fingerprint density at radius 2 is 2.25 bits per heavy atom. The molecule has 0 aromatic carbocycles. The lowest BCUT2D eigenvalue weighted by Crippen LogP contribution is -2.37. The third kappa shape index (κ3) is 4.13. The Labute approximate surface area is 73.8 Å². The highest BCUT2D eigenvalue weighted by Gasteiger charge is 2.14. The normalized spacial score (nSPS) is 12.2. The van der Waals surface area contributed by atoms with Crippen molar-refractivity contribution < 1.29 is 9.53 Å². The molecule has 0 aliphatic rings. The highest BCUT2D eigenvalue weighted by Crippen LogP contribution is 1.94. The molecule has 0 saturated carbocycles. The Morgan fingerprint density at radius 1 is 1.67 bits per heavy atom. The quantitative estimate of drug-likeness (QED) is 0.497. The summed E-state index contributed by atoms with van der Waals surface area (Å²) in [5, 5.41) is 3.05. The standard InChI is InChI=1S/C9H17NO2/c1-5-8(9(11)12-4)10-6-7(2)3/h8,10H,2,5-6H2,1,3-4H3. The molecule has 0 radical (unpaired) electrons. The van der Waals surface area contributed by atoms with E-state index in [0.29, 0.717) is 6.54 Å². The molecule has 0 aromatic heterocycles. The second-order valence-corrected chi connectivity index (χ2v) is 2.82. The summed E-state index contributed by atoms with van der Waals surface area (Å²) in [4.78, 5) is 11.0. The first-order chi connectivity index (χ1) is 5.61. The molecule has 0 aliphatic carbocycles. The molecule has 0 bridgehead atoms. The average molecular weight is 171 g/mol. The van der Waals surface area contributed by atoms with Crippen molar-refractivity contribution in [3.8, 4) is 0 Å². The van der Waals surface area contributed by atoms with Crippen LogP contribution in [0.1, 0.15) is 20.3 Å². The molecule has 70 valence electrons. The SMILES string of the molecule is C=C(C)CNC(CC)C(=O)OC. The Bertz CT molecular complexity index is 166. The summed E-state index contributed by atoms with van der Waals surface area (Å²) in [6.45, 7) is 8.24. The first-order valence-electron chi connectivity index (χ1n) is 4.07. The second-order valence-electron chi connectivity index (χ2n) is 2.82. The molecule has 0 rings (SSSR count). The smallest absolute Gasteiger partial charge is 0.322 e. The molecule has 3 nitrogen and oxygen atoms in total. The van der Waals surface area contributed by atoms with Crippen molar-refractivity contribution in [2.24, 2.45) is 0 Å². The van der Waals surface area contributed by atoms with Crippen LogP contribution in [-0.4, -0.2) is 25.7 Å².